The molecule has 0 radical (unpaired) electrons. The molecule has 0 heterocycles. The summed E-state index contributed by atoms with van der Waals surface area (Å²) in [6.45, 7) is 0.354. The second-order valence-electron chi connectivity index (χ2n) is 5.24. The molecule has 5 nitrogen and oxygen atoms in total. The van der Waals surface area contributed by atoms with E-state index >= 15 is 0 Å². The van der Waals surface area contributed by atoms with Crippen LogP contribution < -0.4 is 10.6 Å². The van der Waals surface area contributed by atoms with Gasteiger partial charge in [0, 0.05) is 18.7 Å². The van der Waals surface area contributed by atoms with Crippen molar-refractivity contribution in [2.75, 3.05) is 13.7 Å². The van der Waals surface area contributed by atoms with E-state index in [1.807, 2.05) is 12.1 Å². The molecule has 0 aromatic heterocycles. The van der Waals surface area contributed by atoms with Crippen LogP contribution in [-0.4, -0.2) is 36.9 Å². The first-order chi connectivity index (χ1) is 10.1. The SMILES string of the molecule is CO[C@H](CNC(=O)N[C@H]1CCC[C@@H]1O)c1ccc(Cl)cc1. The quantitative estimate of drug-likeness (QED) is 0.781. The lowest BCUT2D eigenvalue weighted by molar-refractivity contribution is 0.103. The Morgan fingerprint density at radius 1 is 1.43 bits per heavy atom. The van der Waals surface area contributed by atoms with Crippen molar-refractivity contribution in [1.82, 2.24) is 10.6 Å². The first-order valence-electron chi connectivity index (χ1n) is 7.11. The van der Waals surface area contributed by atoms with Crippen molar-refractivity contribution >= 4 is 17.6 Å². The van der Waals surface area contributed by atoms with Gasteiger partial charge in [-0.05, 0) is 37.0 Å². The van der Waals surface area contributed by atoms with E-state index in [0.29, 0.717) is 11.6 Å². The van der Waals surface area contributed by atoms with Crippen molar-refractivity contribution in [3.8, 4) is 0 Å². The number of carbonyl (C=O) groups excluding carboxylic acids is 1. The molecule has 21 heavy (non-hydrogen) atoms. The standard InChI is InChI=1S/C15H21ClN2O3/c1-21-14(10-5-7-11(16)8-6-10)9-17-15(20)18-12-3-2-4-13(12)19/h5-8,12-14,19H,2-4,9H2,1H3,(H2,17,18,20)/t12-,13-,14+/m0/s1. The molecule has 0 saturated heterocycles. The molecule has 1 aliphatic carbocycles. The van der Waals surface area contributed by atoms with Gasteiger partial charge < -0.3 is 20.5 Å². The van der Waals surface area contributed by atoms with Crippen molar-refractivity contribution in [1.29, 1.82) is 0 Å². The number of hydrogen-bond donors (Lipinski definition) is 3. The third kappa shape index (κ3) is 4.59. The summed E-state index contributed by atoms with van der Waals surface area (Å²) in [4.78, 5) is 11.8. The molecule has 0 aliphatic heterocycles. The zero-order valence-electron chi connectivity index (χ0n) is 12.0. The fourth-order valence-electron chi connectivity index (χ4n) is 2.53. The number of rotatable bonds is 5. The average Bonchev–Trinajstić information content (AvgIpc) is 2.87. The van der Waals surface area contributed by atoms with E-state index in [9.17, 15) is 9.90 Å². The highest BCUT2D eigenvalue weighted by molar-refractivity contribution is 6.30. The second-order valence-corrected chi connectivity index (χ2v) is 5.67. The molecule has 1 fully saturated rings. The maximum Gasteiger partial charge on any atom is 0.315 e. The highest BCUT2D eigenvalue weighted by Crippen LogP contribution is 2.19. The first kappa shape index (κ1) is 16.1. The Kier molecular flexibility index (Phi) is 5.85. The Morgan fingerprint density at radius 2 is 2.14 bits per heavy atom. The van der Waals surface area contributed by atoms with Gasteiger partial charge in [0.15, 0.2) is 0 Å². The van der Waals surface area contributed by atoms with Crippen molar-refractivity contribution in [3.05, 3.63) is 34.9 Å². The summed E-state index contributed by atoms with van der Waals surface area (Å²) in [5.74, 6) is 0. The zero-order chi connectivity index (χ0) is 15.2. The average molecular weight is 313 g/mol. The Labute approximate surface area is 129 Å². The van der Waals surface area contributed by atoms with Gasteiger partial charge in [-0.3, -0.25) is 0 Å². The van der Waals surface area contributed by atoms with Gasteiger partial charge in [-0.2, -0.15) is 0 Å². The number of ether oxygens (including phenoxy) is 1. The van der Waals surface area contributed by atoms with Crippen LogP contribution in [0.5, 0.6) is 0 Å². The molecule has 0 bridgehead atoms. The van der Waals surface area contributed by atoms with Gasteiger partial charge in [0.1, 0.15) is 0 Å². The van der Waals surface area contributed by atoms with Gasteiger partial charge in [-0.1, -0.05) is 23.7 Å². The minimum atomic E-state index is -0.440. The normalized spacial score (nSPS) is 22.8. The Balaban J connectivity index is 1.82. The molecule has 0 unspecified atom stereocenters. The Hall–Kier alpha value is -1.30. The maximum absolute atomic E-state index is 11.8. The number of urea groups is 1. The molecular formula is C15H21ClN2O3. The van der Waals surface area contributed by atoms with E-state index in [4.69, 9.17) is 16.3 Å². The summed E-state index contributed by atoms with van der Waals surface area (Å²) in [6, 6.07) is 6.89. The molecule has 2 amide bonds. The molecule has 0 spiro atoms. The van der Waals surface area contributed by atoms with Gasteiger partial charge in [-0.25, -0.2) is 4.79 Å². The number of aliphatic hydroxyl groups is 1. The van der Waals surface area contributed by atoms with Crippen LogP contribution >= 0.6 is 11.6 Å². The molecule has 116 valence electrons. The van der Waals surface area contributed by atoms with E-state index < -0.39 is 6.10 Å². The molecule has 1 aliphatic rings. The predicted octanol–water partition coefficient (Wildman–Crippen LogP) is 2.24. The van der Waals surface area contributed by atoms with Crippen LogP contribution in [0.1, 0.15) is 30.9 Å². The number of carbonyl (C=O) groups is 1. The number of halogens is 1. The fraction of sp³-hybridized carbons (Fsp3) is 0.533. The van der Waals surface area contributed by atoms with Crippen molar-refractivity contribution in [2.24, 2.45) is 0 Å². The topological polar surface area (TPSA) is 70.6 Å². The molecule has 3 atom stereocenters. The monoisotopic (exact) mass is 312 g/mol. The van der Waals surface area contributed by atoms with Gasteiger partial charge in [0.2, 0.25) is 0 Å². The second kappa shape index (κ2) is 7.64. The van der Waals surface area contributed by atoms with Crippen LogP contribution in [0.3, 0.4) is 0 Å². The molecule has 2 rings (SSSR count). The molecule has 6 heteroatoms. The zero-order valence-corrected chi connectivity index (χ0v) is 12.8. The summed E-state index contributed by atoms with van der Waals surface area (Å²) < 4.78 is 5.38. The third-order valence-electron chi connectivity index (χ3n) is 3.77. The Morgan fingerprint density at radius 3 is 2.71 bits per heavy atom. The highest BCUT2D eigenvalue weighted by Gasteiger charge is 2.26. The highest BCUT2D eigenvalue weighted by atomic mass is 35.5. The molecule has 3 N–H and O–H groups in total. The third-order valence-corrected chi connectivity index (χ3v) is 4.02. The van der Waals surface area contributed by atoms with Gasteiger partial charge in [0.25, 0.3) is 0 Å². The van der Waals surface area contributed by atoms with Crippen LogP contribution in [0.15, 0.2) is 24.3 Å². The minimum absolute atomic E-state index is 0.151. The number of aliphatic hydroxyl groups excluding tert-OH is 1. The van der Waals surface area contributed by atoms with E-state index in [1.54, 1.807) is 19.2 Å². The minimum Gasteiger partial charge on any atom is -0.391 e. The maximum atomic E-state index is 11.8. The van der Waals surface area contributed by atoms with E-state index in [-0.39, 0.29) is 18.2 Å². The number of nitrogens with one attached hydrogen (secondary N) is 2. The van der Waals surface area contributed by atoms with Crippen molar-refractivity contribution in [2.45, 2.75) is 37.5 Å². The van der Waals surface area contributed by atoms with Gasteiger partial charge in [0.05, 0.1) is 18.2 Å². The number of benzene rings is 1. The summed E-state index contributed by atoms with van der Waals surface area (Å²) in [7, 11) is 1.60. The number of amides is 2. The van der Waals surface area contributed by atoms with Crippen molar-refractivity contribution in [3.63, 3.8) is 0 Å². The van der Waals surface area contributed by atoms with E-state index in [0.717, 1.165) is 24.8 Å². The largest absolute Gasteiger partial charge is 0.391 e. The van der Waals surface area contributed by atoms with Crippen LogP contribution in [0.4, 0.5) is 4.79 Å². The fourth-order valence-corrected chi connectivity index (χ4v) is 2.65. The van der Waals surface area contributed by atoms with E-state index in [1.165, 1.54) is 0 Å². The summed E-state index contributed by atoms with van der Waals surface area (Å²) >= 11 is 5.85. The van der Waals surface area contributed by atoms with E-state index in [2.05, 4.69) is 10.6 Å². The summed E-state index contributed by atoms with van der Waals surface area (Å²) in [5.41, 5.74) is 0.947. The lowest BCUT2D eigenvalue weighted by Gasteiger charge is -2.20. The van der Waals surface area contributed by atoms with Crippen LogP contribution in [0.2, 0.25) is 5.02 Å². The molecule has 1 aromatic rings. The predicted molar refractivity (Wildman–Crippen MR) is 81.4 cm³/mol. The first-order valence-corrected chi connectivity index (χ1v) is 7.48. The van der Waals surface area contributed by atoms with Gasteiger partial charge >= 0.3 is 6.03 Å². The lowest BCUT2D eigenvalue weighted by atomic mass is 10.1. The summed E-state index contributed by atoms with van der Waals surface area (Å²) in [5, 5.41) is 15.9. The van der Waals surface area contributed by atoms with Crippen molar-refractivity contribution < 1.29 is 14.6 Å². The number of methoxy groups -OCH3 is 1. The van der Waals surface area contributed by atoms with Gasteiger partial charge in [-0.15, -0.1) is 0 Å². The molecule has 1 saturated carbocycles. The number of hydrogen-bond acceptors (Lipinski definition) is 3. The van der Waals surface area contributed by atoms with Crippen LogP contribution in [0, 0.1) is 0 Å². The van der Waals surface area contributed by atoms with Crippen LogP contribution in [0.25, 0.3) is 0 Å². The molecular weight excluding hydrogens is 292 g/mol. The Bertz CT molecular complexity index is 466. The lowest BCUT2D eigenvalue weighted by Crippen LogP contribution is -2.46. The van der Waals surface area contributed by atoms with Crippen LogP contribution in [-0.2, 0) is 4.74 Å². The smallest absolute Gasteiger partial charge is 0.315 e. The summed E-state index contributed by atoms with van der Waals surface area (Å²) in [6.07, 6.45) is 1.83. The molecule has 1 aromatic carbocycles.